The summed E-state index contributed by atoms with van der Waals surface area (Å²) >= 11 is 3.11. The largest absolute Gasteiger partial charge is 0.365 e. The number of benzene rings is 1. The number of rotatable bonds is 2. The average molecular weight is 316 g/mol. The number of anilines is 1. The van der Waals surface area contributed by atoms with Crippen molar-refractivity contribution < 1.29 is 13.9 Å². The molecule has 0 radical (unpaired) electrons. The zero-order chi connectivity index (χ0) is 13.3. The van der Waals surface area contributed by atoms with E-state index in [1.165, 1.54) is 6.07 Å². The quantitative estimate of drug-likeness (QED) is 0.908. The van der Waals surface area contributed by atoms with E-state index in [1.807, 2.05) is 6.92 Å². The fourth-order valence-electron chi connectivity index (χ4n) is 1.99. The molecule has 1 unspecified atom stereocenters. The molecule has 98 valence electrons. The first-order valence-corrected chi connectivity index (χ1v) is 6.63. The Balaban J connectivity index is 2.19. The molecule has 1 N–H and O–H groups in total. The highest BCUT2D eigenvalue weighted by atomic mass is 79.9. The number of hydrogen-bond donors (Lipinski definition) is 1. The van der Waals surface area contributed by atoms with Gasteiger partial charge in [-0.1, -0.05) is 0 Å². The maximum absolute atomic E-state index is 13.5. The molecular weight excluding hydrogens is 301 g/mol. The summed E-state index contributed by atoms with van der Waals surface area (Å²) in [7, 11) is 0. The van der Waals surface area contributed by atoms with Crippen LogP contribution < -0.4 is 5.32 Å². The van der Waals surface area contributed by atoms with Crippen LogP contribution in [-0.4, -0.2) is 18.1 Å². The lowest BCUT2D eigenvalue weighted by atomic mass is 10.0. The van der Waals surface area contributed by atoms with Crippen molar-refractivity contribution in [3.05, 3.63) is 28.0 Å². The normalized spacial score (nSPS) is 23.1. The van der Waals surface area contributed by atoms with Crippen LogP contribution in [0.1, 0.15) is 25.3 Å². The highest BCUT2D eigenvalue weighted by Gasteiger charge is 2.37. The monoisotopic (exact) mass is 315 g/mol. The molecule has 18 heavy (non-hydrogen) atoms. The molecular formula is C13H15BrFNO2. The van der Waals surface area contributed by atoms with Crippen molar-refractivity contribution in [1.82, 2.24) is 0 Å². The molecule has 0 aliphatic carbocycles. The Morgan fingerprint density at radius 3 is 2.89 bits per heavy atom. The lowest BCUT2D eigenvalue weighted by Gasteiger charge is -2.22. The number of halogens is 2. The van der Waals surface area contributed by atoms with Gasteiger partial charge in [-0.15, -0.1) is 0 Å². The minimum atomic E-state index is -0.796. The zero-order valence-electron chi connectivity index (χ0n) is 10.3. The molecule has 0 aromatic heterocycles. The van der Waals surface area contributed by atoms with Crippen LogP contribution in [0.3, 0.4) is 0 Å². The summed E-state index contributed by atoms with van der Waals surface area (Å²) in [6.45, 7) is 4.18. The maximum Gasteiger partial charge on any atom is 0.256 e. The number of carbonyl (C=O) groups excluding carboxylic acids is 1. The molecule has 1 saturated heterocycles. The summed E-state index contributed by atoms with van der Waals surface area (Å²) in [5.74, 6) is -0.613. The molecule has 1 aromatic carbocycles. The Labute approximate surface area is 114 Å². The summed E-state index contributed by atoms with van der Waals surface area (Å²) < 4.78 is 19.3. The highest BCUT2D eigenvalue weighted by Crippen LogP contribution is 2.29. The Kier molecular flexibility index (Phi) is 3.73. The lowest BCUT2D eigenvalue weighted by molar-refractivity contribution is -0.133. The van der Waals surface area contributed by atoms with Gasteiger partial charge in [-0.2, -0.15) is 0 Å². The second-order valence-corrected chi connectivity index (χ2v) is 5.57. The molecule has 1 aliphatic rings. The summed E-state index contributed by atoms with van der Waals surface area (Å²) in [5, 5.41) is 2.74. The first-order valence-electron chi connectivity index (χ1n) is 5.83. The molecule has 5 heteroatoms. The number of carbonyl (C=O) groups is 1. The SMILES string of the molecule is Cc1cc(Br)c(F)cc1NC(=O)C1(C)CCCO1. The summed E-state index contributed by atoms with van der Waals surface area (Å²) in [5.41, 5.74) is 0.492. The van der Waals surface area contributed by atoms with Gasteiger partial charge in [0.15, 0.2) is 0 Å². The molecule has 3 nitrogen and oxygen atoms in total. The van der Waals surface area contributed by atoms with Gasteiger partial charge in [-0.3, -0.25) is 4.79 Å². The van der Waals surface area contributed by atoms with Gasteiger partial charge in [0.2, 0.25) is 0 Å². The third-order valence-electron chi connectivity index (χ3n) is 3.21. The lowest BCUT2D eigenvalue weighted by Crippen LogP contribution is -2.39. The molecule has 0 bridgehead atoms. The van der Waals surface area contributed by atoms with Gasteiger partial charge in [-0.05, 0) is 60.3 Å². The van der Waals surface area contributed by atoms with Crippen LogP contribution in [0.4, 0.5) is 10.1 Å². The van der Waals surface area contributed by atoms with Crippen molar-refractivity contribution in [2.24, 2.45) is 0 Å². The topological polar surface area (TPSA) is 38.3 Å². The second kappa shape index (κ2) is 4.97. The van der Waals surface area contributed by atoms with Crippen LogP contribution >= 0.6 is 15.9 Å². The number of aryl methyl sites for hydroxylation is 1. The van der Waals surface area contributed by atoms with E-state index in [-0.39, 0.29) is 5.91 Å². The molecule has 2 rings (SSSR count). The fourth-order valence-corrected chi connectivity index (χ4v) is 2.45. The maximum atomic E-state index is 13.5. The Morgan fingerprint density at radius 1 is 1.56 bits per heavy atom. The van der Waals surface area contributed by atoms with Gasteiger partial charge < -0.3 is 10.1 Å². The molecule has 0 spiro atoms. The van der Waals surface area contributed by atoms with Crippen molar-refractivity contribution >= 4 is 27.5 Å². The third-order valence-corrected chi connectivity index (χ3v) is 3.82. The minimum Gasteiger partial charge on any atom is -0.365 e. The van der Waals surface area contributed by atoms with Gasteiger partial charge >= 0.3 is 0 Å². The predicted molar refractivity (Wildman–Crippen MR) is 71.1 cm³/mol. The highest BCUT2D eigenvalue weighted by molar-refractivity contribution is 9.10. The molecule has 1 amide bonds. The van der Waals surface area contributed by atoms with Crippen LogP contribution in [0.2, 0.25) is 0 Å². The van der Waals surface area contributed by atoms with Crippen LogP contribution in [-0.2, 0) is 9.53 Å². The number of amides is 1. The van der Waals surface area contributed by atoms with E-state index in [4.69, 9.17) is 4.74 Å². The van der Waals surface area contributed by atoms with Crippen molar-refractivity contribution in [1.29, 1.82) is 0 Å². The molecule has 0 saturated carbocycles. The van der Waals surface area contributed by atoms with E-state index in [2.05, 4.69) is 21.2 Å². The number of ether oxygens (including phenoxy) is 1. The zero-order valence-corrected chi connectivity index (χ0v) is 11.9. The van der Waals surface area contributed by atoms with Crippen LogP contribution in [0.25, 0.3) is 0 Å². The second-order valence-electron chi connectivity index (χ2n) is 4.72. The standard InChI is InChI=1S/C13H15BrFNO2/c1-8-6-9(14)10(15)7-11(8)16-12(17)13(2)4-3-5-18-13/h6-7H,3-5H2,1-2H3,(H,16,17). The summed E-state index contributed by atoms with van der Waals surface area (Å²) in [4.78, 5) is 12.1. The molecule has 1 heterocycles. The van der Waals surface area contributed by atoms with Gasteiger partial charge in [-0.25, -0.2) is 4.39 Å². The predicted octanol–water partition coefficient (Wildman–Crippen LogP) is 3.40. The van der Waals surface area contributed by atoms with Crippen molar-refractivity contribution in [2.45, 2.75) is 32.3 Å². The first-order chi connectivity index (χ1) is 8.42. The van der Waals surface area contributed by atoms with Crippen molar-refractivity contribution in [3.8, 4) is 0 Å². The van der Waals surface area contributed by atoms with Gasteiger partial charge in [0.1, 0.15) is 11.4 Å². The van der Waals surface area contributed by atoms with E-state index in [0.29, 0.717) is 23.2 Å². The average Bonchev–Trinajstić information content (AvgIpc) is 2.74. The van der Waals surface area contributed by atoms with Crippen LogP contribution in [0, 0.1) is 12.7 Å². The summed E-state index contributed by atoms with van der Waals surface area (Å²) in [6, 6.07) is 2.96. The van der Waals surface area contributed by atoms with Crippen LogP contribution in [0.15, 0.2) is 16.6 Å². The van der Waals surface area contributed by atoms with E-state index >= 15 is 0 Å². The van der Waals surface area contributed by atoms with E-state index in [1.54, 1.807) is 13.0 Å². The third kappa shape index (κ3) is 2.57. The van der Waals surface area contributed by atoms with Crippen molar-refractivity contribution in [2.75, 3.05) is 11.9 Å². The number of nitrogens with one attached hydrogen (secondary N) is 1. The van der Waals surface area contributed by atoms with E-state index in [9.17, 15) is 9.18 Å². The smallest absolute Gasteiger partial charge is 0.256 e. The van der Waals surface area contributed by atoms with Gasteiger partial charge in [0.25, 0.3) is 5.91 Å². The molecule has 1 aromatic rings. The van der Waals surface area contributed by atoms with Crippen LogP contribution in [0.5, 0.6) is 0 Å². The van der Waals surface area contributed by atoms with Crippen molar-refractivity contribution in [3.63, 3.8) is 0 Å². The molecule has 1 fully saturated rings. The Morgan fingerprint density at radius 2 is 2.28 bits per heavy atom. The van der Waals surface area contributed by atoms with Gasteiger partial charge in [0.05, 0.1) is 4.47 Å². The van der Waals surface area contributed by atoms with Gasteiger partial charge in [0, 0.05) is 12.3 Å². The molecule has 1 aliphatic heterocycles. The van der Waals surface area contributed by atoms with E-state index < -0.39 is 11.4 Å². The first kappa shape index (κ1) is 13.5. The van der Waals surface area contributed by atoms with E-state index in [0.717, 1.165) is 12.0 Å². The Hall–Kier alpha value is -0.940. The number of hydrogen-bond acceptors (Lipinski definition) is 2. The minimum absolute atomic E-state index is 0.218. The molecule has 1 atom stereocenters. The fraction of sp³-hybridized carbons (Fsp3) is 0.462. The Bertz CT molecular complexity index is 484. The summed E-state index contributed by atoms with van der Waals surface area (Å²) in [6.07, 6.45) is 1.56.